The largest absolute Gasteiger partial charge is 0.416 e. The first kappa shape index (κ1) is 32.6. The summed E-state index contributed by atoms with van der Waals surface area (Å²) >= 11 is 7.10. The van der Waals surface area contributed by atoms with Crippen LogP contribution in [0, 0.1) is 5.92 Å². The lowest BCUT2D eigenvalue weighted by Crippen LogP contribution is -2.05. The lowest BCUT2D eigenvalue weighted by molar-refractivity contribution is -0.137. The fourth-order valence-electron chi connectivity index (χ4n) is 3.14. The minimum Gasteiger partial charge on any atom is -0.365 e. The van der Waals surface area contributed by atoms with E-state index in [1.807, 2.05) is 69.3 Å². The SMILES string of the molecule is C/C=C\C(Cl)=C/C(C)C.CC.CNc1nc2c(Nc3ccc(C(F)(F)F)cc3)nc(Nc3ccccc3)nc2s1. The molecule has 0 unspecified atom stereocenters. The third-order valence-electron chi connectivity index (χ3n) is 4.80. The first-order valence-corrected chi connectivity index (χ1v) is 13.9. The highest BCUT2D eigenvalue weighted by Gasteiger charge is 2.30. The highest BCUT2D eigenvalue weighted by Crippen LogP contribution is 2.33. The number of anilines is 5. The van der Waals surface area contributed by atoms with Gasteiger partial charge in [-0.1, -0.05) is 81.0 Å². The molecule has 2 aromatic heterocycles. The Morgan fingerprint density at radius 1 is 0.925 bits per heavy atom. The standard InChI is InChI=1S/C19H15F3N6S.C8H13Cl.C2H6/c1-23-18-26-14-15(24-13-9-7-11(8-10-13)19(20,21)22)27-17(28-16(14)29-18)25-12-5-3-2-4-6-12;1-4-5-8(9)6-7(2)3;1-2/h2-10H,1H3,(H,23,26)(H2,24,25,27,28);4-7H,1-3H3;1-2H3/b;5-4-,8-6+;. The number of hydrogen-bond acceptors (Lipinski definition) is 7. The molecule has 0 radical (unpaired) electrons. The van der Waals surface area contributed by atoms with Crippen LogP contribution in [0.4, 0.5) is 41.4 Å². The number of thiazole rings is 1. The molecule has 6 nitrogen and oxygen atoms in total. The first-order valence-electron chi connectivity index (χ1n) is 12.7. The summed E-state index contributed by atoms with van der Waals surface area (Å²) in [5.41, 5.74) is 1.08. The second-order valence-corrected chi connectivity index (χ2v) is 9.72. The summed E-state index contributed by atoms with van der Waals surface area (Å²) in [5, 5.41) is 10.6. The fraction of sp³-hybridized carbons (Fsp3) is 0.276. The molecular formula is C29H34ClF3N6S. The van der Waals surface area contributed by atoms with Gasteiger partial charge in [-0.25, -0.2) is 4.98 Å². The van der Waals surface area contributed by atoms with Gasteiger partial charge >= 0.3 is 6.18 Å². The lowest BCUT2D eigenvalue weighted by Gasteiger charge is -2.11. The van der Waals surface area contributed by atoms with E-state index in [1.165, 1.54) is 23.5 Å². The molecule has 0 saturated heterocycles. The number of aromatic nitrogens is 3. The van der Waals surface area contributed by atoms with E-state index in [4.69, 9.17) is 11.6 Å². The van der Waals surface area contributed by atoms with Crippen molar-refractivity contribution in [3.8, 4) is 0 Å². The van der Waals surface area contributed by atoms with Gasteiger partial charge in [0.25, 0.3) is 0 Å². The summed E-state index contributed by atoms with van der Waals surface area (Å²) in [5.74, 6) is 1.28. The van der Waals surface area contributed by atoms with Gasteiger partial charge in [0, 0.05) is 23.5 Å². The van der Waals surface area contributed by atoms with Gasteiger partial charge in [0.1, 0.15) is 5.52 Å². The average Bonchev–Trinajstić information content (AvgIpc) is 3.34. The maximum Gasteiger partial charge on any atom is 0.416 e. The van der Waals surface area contributed by atoms with Crippen molar-refractivity contribution in [3.05, 3.63) is 83.4 Å². The summed E-state index contributed by atoms with van der Waals surface area (Å²) in [6.45, 7) is 10.2. The zero-order valence-electron chi connectivity index (χ0n) is 23.3. The minimum absolute atomic E-state index is 0.351. The molecule has 0 aliphatic heterocycles. The third-order valence-corrected chi connectivity index (χ3v) is 6.01. The van der Waals surface area contributed by atoms with Crippen LogP contribution < -0.4 is 16.0 Å². The van der Waals surface area contributed by atoms with E-state index in [1.54, 1.807) is 7.05 Å². The Morgan fingerprint density at radius 3 is 2.10 bits per heavy atom. The smallest absolute Gasteiger partial charge is 0.365 e. The predicted octanol–water partition coefficient (Wildman–Crippen LogP) is 10.0. The summed E-state index contributed by atoms with van der Waals surface area (Å²) in [6.07, 6.45) is 1.45. The maximum absolute atomic E-state index is 12.8. The number of hydrogen-bond donors (Lipinski definition) is 3. The molecule has 4 aromatic rings. The molecule has 4 rings (SSSR count). The van der Waals surface area contributed by atoms with Gasteiger partial charge in [0.2, 0.25) is 5.95 Å². The van der Waals surface area contributed by atoms with Gasteiger partial charge in [-0.15, -0.1) is 0 Å². The summed E-state index contributed by atoms with van der Waals surface area (Å²) < 4.78 is 38.4. The Bertz CT molecular complexity index is 1380. The van der Waals surface area contributed by atoms with Crippen LogP contribution in [0.1, 0.15) is 40.2 Å². The number of allylic oxidation sites excluding steroid dienone is 4. The fourth-order valence-corrected chi connectivity index (χ4v) is 4.31. The summed E-state index contributed by atoms with van der Waals surface area (Å²) in [7, 11) is 1.75. The zero-order valence-corrected chi connectivity index (χ0v) is 24.8. The lowest BCUT2D eigenvalue weighted by atomic mass is 10.2. The van der Waals surface area contributed by atoms with Gasteiger partial charge in [-0.2, -0.15) is 23.1 Å². The van der Waals surface area contributed by atoms with Crippen LogP contribution in [0.5, 0.6) is 0 Å². The highest BCUT2D eigenvalue weighted by atomic mass is 35.5. The molecule has 214 valence electrons. The number of benzene rings is 2. The molecule has 0 saturated carbocycles. The van der Waals surface area contributed by atoms with Gasteiger partial charge in [-0.3, -0.25) is 0 Å². The predicted molar refractivity (Wildman–Crippen MR) is 164 cm³/mol. The van der Waals surface area contributed by atoms with Crippen molar-refractivity contribution in [2.45, 2.75) is 40.8 Å². The quantitative estimate of drug-likeness (QED) is 0.186. The first-order chi connectivity index (χ1) is 19.1. The molecule has 2 heterocycles. The number of para-hydroxylation sites is 1. The minimum atomic E-state index is -4.38. The molecule has 40 heavy (non-hydrogen) atoms. The van der Waals surface area contributed by atoms with Gasteiger partial charge < -0.3 is 16.0 Å². The molecular weight excluding hydrogens is 557 g/mol. The Morgan fingerprint density at radius 2 is 1.55 bits per heavy atom. The van der Waals surface area contributed by atoms with Crippen molar-refractivity contribution in [1.29, 1.82) is 0 Å². The van der Waals surface area contributed by atoms with E-state index in [9.17, 15) is 13.2 Å². The average molecular weight is 591 g/mol. The van der Waals surface area contributed by atoms with Crippen LogP contribution >= 0.6 is 22.9 Å². The van der Waals surface area contributed by atoms with Crippen molar-refractivity contribution in [2.75, 3.05) is 23.0 Å². The normalized spacial score (nSPS) is 11.5. The van der Waals surface area contributed by atoms with Crippen molar-refractivity contribution in [2.24, 2.45) is 5.92 Å². The topological polar surface area (TPSA) is 74.8 Å². The van der Waals surface area contributed by atoms with Gasteiger partial charge in [0.15, 0.2) is 15.8 Å². The van der Waals surface area contributed by atoms with E-state index in [-0.39, 0.29) is 0 Å². The summed E-state index contributed by atoms with van der Waals surface area (Å²) in [4.78, 5) is 14.0. The van der Waals surface area contributed by atoms with Crippen LogP contribution in [0.2, 0.25) is 0 Å². The summed E-state index contributed by atoms with van der Waals surface area (Å²) in [6, 6.07) is 14.2. The van der Waals surface area contributed by atoms with E-state index in [0.29, 0.717) is 38.9 Å². The number of halogens is 4. The number of nitrogens with one attached hydrogen (secondary N) is 3. The van der Waals surface area contributed by atoms with Crippen LogP contribution in [-0.4, -0.2) is 22.0 Å². The van der Waals surface area contributed by atoms with Crippen LogP contribution in [-0.2, 0) is 6.18 Å². The molecule has 0 aliphatic rings. The number of fused-ring (bicyclic) bond motifs is 1. The Labute approximate surface area is 242 Å². The van der Waals surface area contributed by atoms with Crippen molar-refractivity contribution in [1.82, 2.24) is 15.0 Å². The molecule has 3 N–H and O–H groups in total. The van der Waals surface area contributed by atoms with Crippen molar-refractivity contribution >= 4 is 61.6 Å². The molecule has 11 heteroatoms. The molecule has 0 aliphatic carbocycles. The monoisotopic (exact) mass is 590 g/mol. The van der Waals surface area contributed by atoms with E-state index in [2.05, 4.69) is 44.7 Å². The zero-order chi connectivity index (χ0) is 29.7. The second-order valence-electron chi connectivity index (χ2n) is 8.31. The molecule has 0 amide bonds. The number of rotatable bonds is 7. The Hall–Kier alpha value is -3.63. The molecule has 0 bridgehead atoms. The highest BCUT2D eigenvalue weighted by molar-refractivity contribution is 7.21. The van der Waals surface area contributed by atoms with E-state index < -0.39 is 11.7 Å². The van der Waals surface area contributed by atoms with Crippen LogP contribution in [0.3, 0.4) is 0 Å². The molecule has 0 atom stereocenters. The molecule has 0 fully saturated rings. The maximum atomic E-state index is 12.8. The second kappa shape index (κ2) is 15.8. The van der Waals surface area contributed by atoms with Gasteiger partial charge in [-0.05, 0) is 55.3 Å². The van der Waals surface area contributed by atoms with E-state index in [0.717, 1.165) is 22.9 Å². The Balaban J connectivity index is 0.000000436. The third kappa shape index (κ3) is 10.2. The van der Waals surface area contributed by atoms with Crippen molar-refractivity contribution < 1.29 is 13.2 Å². The number of nitrogens with zero attached hydrogens (tertiary/aromatic N) is 3. The molecule has 2 aromatic carbocycles. The Kier molecular flexibility index (Phi) is 12.9. The van der Waals surface area contributed by atoms with E-state index >= 15 is 0 Å². The van der Waals surface area contributed by atoms with Crippen LogP contribution in [0.25, 0.3) is 10.3 Å². The van der Waals surface area contributed by atoms with Crippen LogP contribution in [0.15, 0.2) is 77.9 Å². The number of alkyl halides is 3. The van der Waals surface area contributed by atoms with Gasteiger partial charge in [0.05, 0.1) is 5.56 Å². The molecule has 0 spiro atoms. The van der Waals surface area contributed by atoms with Crippen molar-refractivity contribution in [3.63, 3.8) is 0 Å².